The highest BCUT2D eigenvalue weighted by Gasteiger charge is 2.13. The Kier molecular flexibility index (Phi) is 6.37. The fourth-order valence-electron chi connectivity index (χ4n) is 2.02. The molecule has 0 saturated carbocycles. The molecule has 0 aliphatic rings. The Labute approximate surface area is 140 Å². The lowest BCUT2D eigenvalue weighted by molar-refractivity contribution is 0.0891. The molecule has 2 aromatic rings. The number of hydrogen-bond donors (Lipinski definition) is 2. The Bertz CT molecular complexity index is 651. The van der Waals surface area contributed by atoms with Crippen molar-refractivity contribution in [2.45, 2.75) is 33.0 Å². The molecule has 0 bridgehead atoms. The van der Waals surface area contributed by atoms with E-state index in [1.54, 1.807) is 12.1 Å². The minimum Gasteiger partial charge on any atom is -0.486 e. The van der Waals surface area contributed by atoms with Gasteiger partial charge in [-0.05, 0) is 48.7 Å². The number of aliphatic hydroxyl groups excluding tert-OH is 1. The van der Waals surface area contributed by atoms with Gasteiger partial charge in [-0.15, -0.1) is 0 Å². The maximum Gasteiger partial charge on any atom is 0.286 e. The van der Waals surface area contributed by atoms with Crippen LogP contribution in [0.5, 0.6) is 5.75 Å². The summed E-state index contributed by atoms with van der Waals surface area (Å²) in [5.74, 6) is 0.682. The molecule has 2 N–H and O–H groups in total. The molecule has 1 atom stereocenters. The van der Waals surface area contributed by atoms with E-state index in [-0.39, 0.29) is 30.0 Å². The van der Waals surface area contributed by atoms with Gasteiger partial charge in [0.1, 0.15) is 23.9 Å². The van der Waals surface area contributed by atoms with Gasteiger partial charge in [0.15, 0.2) is 5.76 Å². The third-order valence-corrected chi connectivity index (χ3v) is 3.58. The molecule has 0 aliphatic carbocycles. The van der Waals surface area contributed by atoms with Gasteiger partial charge in [0.05, 0.1) is 6.10 Å². The zero-order valence-electron chi connectivity index (χ0n) is 13.8. The smallest absolute Gasteiger partial charge is 0.286 e. The molecular formula is C18H22FNO4. The van der Waals surface area contributed by atoms with E-state index in [0.717, 1.165) is 0 Å². The van der Waals surface area contributed by atoms with Crippen LogP contribution in [0.3, 0.4) is 0 Å². The van der Waals surface area contributed by atoms with Crippen molar-refractivity contribution in [3.63, 3.8) is 0 Å². The number of carbonyl (C=O) groups is 1. The molecular weight excluding hydrogens is 313 g/mol. The molecule has 1 unspecified atom stereocenters. The third kappa shape index (κ3) is 5.38. The Morgan fingerprint density at radius 2 is 1.96 bits per heavy atom. The van der Waals surface area contributed by atoms with Crippen molar-refractivity contribution in [2.75, 3.05) is 6.54 Å². The van der Waals surface area contributed by atoms with Gasteiger partial charge in [-0.25, -0.2) is 4.39 Å². The second-order valence-corrected chi connectivity index (χ2v) is 5.86. The summed E-state index contributed by atoms with van der Waals surface area (Å²) in [4.78, 5) is 12.0. The Morgan fingerprint density at radius 3 is 2.62 bits per heavy atom. The van der Waals surface area contributed by atoms with Gasteiger partial charge in [0, 0.05) is 6.54 Å². The first-order chi connectivity index (χ1) is 11.5. The van der Waals surface area contributed by atoms with Gasteiger partial charge in [-0.2, -0.15) is 0 Å². The number of halogens is 1. The van der Waals surface area contributed by atoms with Crippen molar-refractivity contribution < 1.29 is 23.4 Å². The number of ether oxygens (including phenoxy) is 1. The van der Waals surface area contributed by atoms with Crippen LogP contribution in [0.25, 0.3) is 0 Å². The molecule has 1 heterocycles. The second kappa shape index (κ2) is 8.49. The van der Waals surface area contributed by atoms with E-state index in [4.69, 9.17) is 9.15 Å². The van der Waals surface area contributed by atoms with Crippen molar-refractivity contribution in [1.29, 1.82) is 0 Å². The van der Waals surface area contributed by atoms with Crippen molar-refractivity contribution in [1.82, 2.24) is 5.32 Å². The van der Waals surface area contributed by atoms with Crippen molar-refractivity contribution >= 4 is 5.91 Å². The predicted octanol–water partition coefficient (Wildman–Crippen LogP) is 3.13. The number of aliphatic hydroxyl groups is 1. The first-order valence-corrected chi connectivity index (χ1v) is 7.89. The second-order valence-electron chi connectivity index (χ2n) is 5.86. The van der Waals surface area contributed by atoms with Crippen LogP contribution in [0.1, 0.15) is 36.6 Å². The van der Waals surface area contributed by atoms with E-state index in [9.17, 15) is 14.3 Å². The maximum absolute atomic E-state index is 12.8. The minimum absolute atomic E-state index is 0.144. The van der Waals surface area contributed by atoms with Crippen LogP contribution in [0.4, 0.5) is 4.39 Å². The first kappa shape index (κ1) is 18.0. The summed E-state index contributed by atoms with van der Waals surface area (Å²) in [6.07, 6.45) is 0.0477. The number of rotatable bonds is 8. The van der Waals surface area contributed by atoms with E-state index < -0.39 is 6.10 Å². The van der Waals surface area contributed by atoms with E-state index in [1.807, 2.05) is 13.8 Å². The van der Waals surface area contributed by atoms with Crippen LogP contribution >= 0.6 is 0 Å². The topological polar surface area (TPSA) is 71.7 Å². The Morgan fingerprint density at radius 1 is 1.25 bits per heavy atom. The van der Waals surface area contributed by atoms with Gasteiger partial charge in [-0.1, -0.05) is 13.8 Å². The largest absolute Gasteiger partial charge is 0.486 e. The number of benzene rings is 1. The lowest BCUT2D eigenvalue weighted by atomic mass is 10.0. The summed E-state index contributed by atoms with van der Waals surface area (Å²) < 4.78 is 23.7. The van der Waals surface area contributed by atoms with Gasteiger partial charge in [0.2, 0.25) is 0 Å². The minimum atomic E-state index is -0.443. The summed E-state index contributed by atoms with van der Waals surface area (Å²) in [6, 6.07) is 8.88. The standard InChI is InChI=1S/C18H22FNO4/c1-12(2)16(21)9-10-20-18(22)17-8-7-15(24-17)11-23-14-5-3-13(19)4-6-14/h3-8,12,16,21H,9-11H2,1-2H3,(H,20,22). The SMILES string of the molecule is CC(C)C(O)CCNC(=O)c1ccc(COc2ccc(F)cc2)o1. The molecule has 5 nitrogen and oxygen atoms in total. The van der Waals surface area contributed by atoms with Crippen LogP contribution < -0.4 is 10.1 Å². The molecule has 0 radical (unpaired) electrons. The number of nitrogens with one attached hydrogen (secondary N) is 1. The van der Waals surface area contributed by atoms with Crippen molar-refractivity contribution in [3.8, 4) is 5.75 Å². The number of furan rings is 1. The van der Waals surface area contributed by atoms with Crippen LogP contribution in [-0.4, -0.2) is 23.7 Å². The van der Waals surface area contributed by atoms with Crippen LogP contribution in [-0.2, 0) is 6.61 Å². The third-order valence-electron chi connectivity index (χ3n) is 3.58. The van der Waals surface area contributed by atoms with E-state index in [1.165, 1.54) is 24.3 Å². The maximum atomic E-state index is 12.8. The Hall–Kier alpha value is -2.34. The van der Waals surface area contributed by atoms with Gasteiger partial charge in [0.25, 0.3) is 5.91 Å². The average molecular weight is 335 g/mol. The lowest BCUT2D eigenvalue weighted by Crippen LogP contribution is -2.28. The summed E-state index contributed by atoms with van der Waals surface area (Å²) in [5, 5.41) is 12.4. The highest BCUT2D eigenvalue weighted by molar-refractivity contribution is 5.91. The Balaban J connectivity index is 1.79. The zero-order chi connectivity index (χ0) is 17.5. The fraction of sp³-hybridized carbons (Fsp3) is 0.389. The molecule has 6 heteroatoms. The summed E-state index contributed by atoms with van der Waals surface area (Å²) in [6.45, 7) is 4.37. The van der Waals surface area contributed by atoms with Gasteiger partial charge >= 0.3 is 0 Å². The summed E-state index contributed by atoms with van der Waals surface area (Å²) in [7, 11) is 0. The quantitative estimate of drug-likeness (QED) is 0.777. The molecule has 0 spiro atoms. The fourth-order valence-corrected chi connectivity index (χ4v) is 2.02. The summed E-state index contributed by atoms with van der Waals surface area (Å²) in [5.41, 5.74) is 0. The molecule has 2 rings (SSSR count). The first-order valence-electron chi connectivity index (χ1n) is 7.89. The molecule has 0 saturated heterocycles. The number of carbonyl (C=O) groups excluding carboxylic acids is 1. The normalized spacial score (nSPS) is 12.2. The van der Waals surface area contributed by atoms with E-state index in [0.29, 0.717) is 24.5 Å². The van der Waals surface area contributed by atoms with E-state index >= 15 is 0 Å². The number of hydrogen-bond acceptors (Lipinski definition) is 4. The van der Waals surface area contributed by atoms with Crippen LogP contribution in [0, 0.1) is 11.7 Å². The molecule has 0 fully saturated rings. The highest BCUT2D eigenvalue weighted by Crippen LogP contribution is 2.15. The van der Waals surface area contributed by atoms with Crippen molar-refractivity contribution in [2.24, 2.45) is 5.92 Å². The van der Waals surface area contributed by atoms with Gasteiger partial charge in [-0.3, -0.25) is 4.79 Å². The monoisotopic (exact) mass is 335 g/mol. The van der Waals surface area contributed by atoms with Crippen LogP contribution in [0.2, 0.25) is 0 Å². The van der Waals surface area contributed by atoms with Crippen LogP contribution in [0.15, 0.2) is 40.8 Å². The summed E-state index contributed by atoms with van der Waals surface area (Å²) >= 11 is 0. The lowest BCUT2D eigenvalue weighted by Gasteiger charge is -2.13. The molecule has 24 heavy (non-hydrogen) atoms. The van der Waals surface area contributed by atoms with Gasteiger partial charge < -0.3 is 19.6 Å². The molecule has 1 aromatic heterocycles. The molecule has 1 amide bonds. The molecule has 1 aromatic carbocycles. The average Bonchev–Trinajstić information content (AvgIpc) is 3.03. The zero-order valence-corrected chi connectivity index (χ0v) is 13.8. The van der Waals surface area contributed by atoms with E-state index in [2.05, 4.69) is 5.32 Å². The molecule has 130 valence electrons. The number of amides is 1. The highest BCUT2D eigenvalue weighted by atomic mass is 19.1. The molecule has 0 aliphatic heterocycles. The van der Waals surface area contributed by atoms with Crippen molar-refractivity contribution in [3.05, 3.63) is 53.7 Å². The predicted molar refractivity (Wildman–Crippen MR) is 87.2 cm³/mol.